The predicted molar refractivity (Wildman–Crippen MR) is 132 cm³/mol. The number of nitrogens with zero attached hydrogens (tertiary/aromatic N) is 3. The molecule has 2 heterocycles. The van der Waals surface area contributed by atoms with Crippen molar-refractivity contribution in [3.05, 3.63) is 35.2 Å². The Balaban J connectivity index is 1.37. The summed E-state index contributed by atoms with van der Waals surface area (Å²) in [5, 5.41) is 4.58. The first kappa shape index (κ1) is 22.5. The van der Waals surface area contributed by atoms with E-state index in [1.165, 1.54) is 0 Å². The number of hydrogen-bond donors (Lipinski definition) is 1. The number of fused-ring (bicyclic) bond motifs is 3. The molecule has 0 aliphatic heterocycles. The maximum absolute atomic E-state index is 12.1. The molecule has 3 fully saturated rings. The van der Waals surface area contributed by atoms with Crippen molar-refractivity contribution >= 4 is 39.6 Å². The van der Waals surface area contributed by atoms with Crippen molar-refractivity contribution in [2.45, 2.75) is 78.4 Å². The van der Waals surface area contributed by atoms with Crippen LogP contribution in [0, 0.1) is 10.8 Å². The number of pyridine rings is 1. The molecular weight excluding hydrogens is 436 g/mol. The van der Waals surface area contributed by atoms with Crippen molar-refractivity contribution in [2.24, 2.45) is 10.8 Å². The molecule has 1 amide bonds. The number of ether oxygens (including phenoxy) is 1. The van der Waals surface area contributed by atoms with Crippen LogP contribution in [-0.4, -0.2) is 32.8 Å². The fourth-order valence-corrected chi connectivity index (χ4v) is 6.26. The summed E-state index contributed by atoms with van der Waals surface area (Å²) >= 11 is 6.58. The molecule has 3 aliphatic rings. The van der Waals surface area contributed by atoms with Gasteiger partial charge in [-0.3, -0.25) is 0 Å². The molecule has 0 spiro atoms. The zero-order valence-electron chi connectivity index (χ0n) is 20.0. The normalized spacial score (nSPS) is 23.9. The number of unbranched alkanes of at least 4 members (excludes halogenated alkanes) is 1. The third-order valence-electron chi connectivity index (χ3n) is 7.12. The summed E-state index contributed by atoms with van der Waals surface area (Å²) in [4.78, 5) is 21.6. The molecule has 6 rings (SSSR count). The monoisotopic (exact) mass is 468 g/mol. The van der Waals surface area contributed by atoms with Crippen LogP contribution in [0.5, 0.6) is 0 Å². The Bertz CT molecular complexity index is 1210. The van der Waals surface area contributed by atoms with E-state index in [1.54, 1.807) is 0 Å². The van der Waals surface area contributed by atoms with E-state index in [-0.39, 0.29) is 16.9 Å². The Morgan fingerprint density at radius 1 is 1.18 bits per heavy atom. The van der Waals surface area contributed by atoms with Gasteiger partial charge < -0.3 is 14.6 Å². The summed E-state index contributed by atoms with van der Waals surface area (Å²) in [6, 6.07) is 8.19. The number of para-hydroxylation sites is 1. The van der Waals surface area contributed by atoms with Crippen LogP contribution in [0.3, 0.4) is 0 Å². The van der Waals surface area contributed by atoms with E-state index in [0.717, 1.165) is 72.8 Å². The van der Waals surface area contributed by atoms with Gasteiger partial charge in [0.25, 0.3) is 0 Å². The molecule has 2 aromatic heterocycles. The smallest absolute Gasteiger partial charge is 0.407 e. The minimum Gasteiger partial charge on any atom is -0.444 e. The third-order valence-corrected chi connectivity index (χ3v) is 7.39. The van der Waals surface area contributed by atoms with Crippen molar-refractivity contribution in [1.29, 1.82) is 0 Å². The number of benzene rings is 1. The van der Waals surface area contributed by atoms with E-state index >= 15 is 0 Å². The highest BCUT2D eigenvalue weighted by Gasteiger charge is 2.67. The third kappa shape index (κ3) is 4.07. The zero-order valence-corrected chi connectivity index (χ0v) is 20.8. The van der Waals surface area contributed by atoms with E-state index in [2.05, 4.69) is 33.9 Å². The van der Waals surface area contributed by atoms with Crippen LogP contribution in [0.4, 0.5) is 4.79 Å². The van der Waals surface area contributed by atoms with Gasteiger partial charge in [0.05, 0.1) is 11.0 Å². The maximum atomic E-state index is 12.1. The Morgan fingerprint density at radius 2 is 1.91 bits per heavy atom. The van der Waals surface area contributed by atoms with Gasteiger partial charge in [0.2, 0.25) is 0 Å². The zero-order chi connectivity index (χ0) is 23.4. The highest BCUT2D eigenvalue weighted by Crippen LogP contribution is 2.73. The SMILES string of the molecule is CCCCc1nc2c(Cl)nc3ccccc3c2n1CC12CC(CNC(=O)OC(C)(C)C)(C1)C2. The predicted octanol–water partition coefficient (Wildman–Crippen LogP) is 6.28. The van der Waals surface area contributed by atoms with Crippen molar-refractivity contribution in [3.63, 3.8) is 0 Å². The van der Waals surface area contributed by atoms with E-state index in [4.69, 9.17) is 21.3 Å². The summed E-state index contributed by atoms with van der Waals surface area (Å²) in [6.07, 6.45) is 6.22. The number of halogens is 1. The van der Waals surface area contributed by atoms with Gasteiger partial charge in [-0.05, 0) is 63.4 Å². The summed E-state index contributed by atoms with van der Waals surface area (Å²) in [5.41, 5.74) is 2.87. The number of hydrogen-bond acceptors (Lipinski definition) is 4. The number of nitrogens with one attached hydrogen (secondary N) is 1. The first-order valence-electron chi connectivity index (χ1n) is 12.0. The van der Waals surface area contributed by atoms with Crippen LogP contribution in [-0.2, 0) is 17.7 Å². The summed E-state index contributed by atoms with van der Waals surface area (Å²) in [5.74, 6) is 1.11. The van der Waals surface area contributed by atoms with Gasteiger partial charge in [-0.2, -0.15) is 0 Å². The van der Waals surface area contributed by atoms with Gasteiger partial charge in [-0.1, -0.05) is 43.1 Å². The molecule has 33 heavy (non-hydrogen) atoms. The molecule has 1 N–H and O–H groups in total. The number of imidazole rings is 1. The van der Waals surface area contributed by atoms with Crippen molar-refractivity contribution in [2.75, 3.05) is 6.54 Å². The number of carbonyl (C=O) groups excluding carboxylic acids is 1. The van der Waals surface area contributed by atoms with Crippen molar-refractivity contribution < 1.29 is 9.53 Å². The average molecular weight is 469 g/mol. The first-order valence-corrected chi connectivity index (χ1v) is 12.4. The van der Waals surface area contributed by atoms with Gasteiger partial charge in [-0.25, -0.2) is 14.8 Å². The van der Waals surface area contributed by atoms with E-state index < -0.39 is 5.60 Å². The summed E-state index contributed by atoms with van der Waals surface area (Å²) < 4.78 is 7.82. The van der Waals surface area contributed by atoms with Gasteiger partial charge in [0.15, 0.2) is 5.15 Å². The van der Waals surface area contributed by atoms with Crippen LogP contribution in [0.1, 0.15) is 65.6 Å². The minimum absolute atomic E-state index is 0.220. The molecule has 0 atom stereocenters. The number of carbonyl (C=O) groups is 1. The molecule has 2 bridgehead atoms. The lowest BCUT2D eigenvalue weighted by Crippen LogP contribution is -2.67. The van der Waals surface area contributed by atoms with Gasteiger partial charge in [0, 0.05) is 24.9 Å². The summed E-state index contributed by atoms with van der Waals surface area (Å²) in [7, 11) is 0. The molecular formula is C26H33ClN4O2. The van der Waals surface area contributed by atoms with Crippen LogP contribution in [0.25, 0.3) is 21.9 Å². The van der Waals surface area contributed by atoms with Crippen molar-refractivity contribution in [3.8, 4) is 0 Å². The fraction of sp³-hybridized carbons (Fsp3) is 0.577. The highest BCUT2D eigenvalue weighted by atomic mass is 35.5. The lowest BCUT2D eigenvalue weighted by Gasteiger charge is -2.71. The molecule has 7 heteroatoms. The molecule has 0 radical (unpaired) electrons. The van der Waals surface area contributed by atoms with E-state index in [0.29, 0.717) is 11.7 Å². The number of rotatable bonds is 7. The topological polar surface area (TPSA) is 69.0 Å². The standard InChI is InChI=1S/C26H33ClN4O2/c1-5-6-11-19-30-20-21(17-9-7-8-10-18(17)29-22(20)27)31(19)16-26-12-25(13-26,14-26)15-28-23(32)33-24(2,3)4/h7-10H,5-6,11-16H2,1-4H3,(H,28,32). The van der Waals surface area contributed by atoms with Gasteiger partial charge in [-0.15, -0.1) is 0 Å². The number of aryl methyl sites for hydroxylation is 1. The van der Waals surface area contributed by atoms with Gasteiger partial charge >= 0.3 is 6.09 Å². The highest BCUT2D eigenvalue weighted by molar-refractivity contribution is 6.35. The van der Waals surface area contributed by atoms with Crippen LogP contribution in [0.15, 0.2) is 24.3 Å². The average Bonchev–Trinajstić information content (AvgIpc) is 3.05. The van der Waals surface area contributed by atoms with Gasteiger partial charge in [0.1, 0.15) is 16.9 Å². The largest absolute Gasteiger partial charge is 0.444 e. The number of amides is 1. The second kappa shape index (κ2) is 7.86. The quantitative estimate of drug-likeness (QED) is 0.414. The van der Waals surface area contributed by atoms with Crippen LogP contribution in [0.2, 0.25) is 5.15 Å². The van der Waals surface area contributed by atoms with E-state index in [1.807, 2.05) is 32.9 Å². The summed E-state index contributed by atoms with van der Waals surface area (Å²) in [6.45, 7) is 9.51. The lowest BCUT2D eigenvalue weighted by molar-refractivity contribution is -0.207. The molecule has 3 saturated carbocycles. The second-order valence-electron chi connectivity index (χ2n) is 11.2. The van der Waals surface area contributed by atoms with Crippen molar-refractivity contribution in [1.82, 2.24) is 19.9 Å². The Morgan fingerprint density at radius 3 is 2.61 bits per heavy atom. The molecule has 3 aliphatic carbocycles. The molecule has 6 nitrogen and oxygen atoms in total. The van der Waals surface area contributed by atoms with E-state index in [9.17, 15) is 4.79 Å². The minimum atomic E-state index is -0.471. The molecule has 0 unspecified atom stereocenters. The Labute approximate surface area is 200 Å². The first-order chi connectivity index (χ1) is 15.6. The molecule has 1 aromatic carbocycles. The van der Waals surface area contributed by atoms with Crippen LogP contribution >= 0.6 is 11.6 Å². The second-order valence-corrected chi connectivity index (χ2v) is 11.6. The molecule has 176 valence electrons. The number of alkyl carbamates (subject to hydrolysis) is 1. The molecule has 0 saturated heterocycles. The Kier molecular flexibility index (Phi) is 5.35. The number of aromatic nitrogens is 3. The Hall–Kier alpha value is -2.34. The molecule has 3 aromatic rings. The maximum Gasteiger partial charge on any atom is 0.407 e. The van der Waals surface area contributed by atoms with Crippen LogP contribution < -0.4 is 5.32 Å². The fourth-order valence-electron chi connectivity index (χ4n) is 6.04. The lowest BCUT2D eigenvalue weighted by atomic mass is 9.35.